The van der Waals surface area contributed by atoms with E-state index in [1.807, 2.05) is 0 Å². The molecule has 4 N–H and O–H groups in total. The van der Waals surface area contributed by atoms with Crippen LogP contribution in [0.15, 0.2) is 5.16 Å². The van der Waals surface area contributed by atoms with E-state index in [2.05, 4.69) is 10.5 Å². The number of rotatable bonds is 5. The Hall–Kier alpha value is -1.30. The van der Waals surface area contributed by atoms with Gasteiger partial charge in [-0.05, 0) is 33.1 Å². The second-order valence-corrected chi connectivity index (χ2v) is 5.03. The first-order chi connectivity index (χ1) is 7.88. The zero-order valence-electron chi connectivity index (χ0n) is 10.6. The smallest absolute Gasteiger partial charge is 0.233 e. The SMILES string of the molecule is COC1(CNC(=O)C(C)(C)C(N)=NO)CCC1. The van der Waals surface area contributed by atoms with Gasteiger partial charge in [-0.25, -0.2) is 0 Å². The number of nitrogens with two attached hydrogens (primary N) is 1. The van der Waals surface area contributed by atoms with E-state index in [0.29, 0.717) is 6.54 Å². The molecule has 98 valence electrons. The lowest BCUT2D eigenvalue weighted by molar-refractivity contribution is -0.130. The predicted octanol–water partition coefficient (Wildman–Crippen LogP) is 0.444. The average Bonchev–Trinajstić information content (AvgIpc) is 2.26. The quantitative estimate of drug-likeness (QED) is 0.282. The molecule has 1 saturated carbocycles. The predicted molar refractivity (Wildman–Crippen MR) is 63.8 cm³/mol. The van der Waals surface area contributed by atoms with Crippen molar-refractivity contribution in [3.8, 4) is 0 Å². The number of carbonyl (C=O) groups excluding carboxylic acids is 1. The molecule has 17 heavy (non-hydrogen) atoms. The van der Waals surface area contributed by atoms with Crippen molar-refractivity contribution in [3.05, 3.63) is 0 Å². The van der Waals surface area contributed by atoms with Crippen LogP contribution in [-0.4, -0.2) is 36.2 Å². The second-order valence-electron chi connectivity index (χ2n) is 5.03. The average molecular weight is 243 g/mol. The van der Waals surface area contributed by atoms with E-state index < -0.39 is 5.41 Å². The lowest BCUT2D eigenvalue weighted by Crippen LogP contribution is -2.53. The van der Waals surface area contributed by atoms with Crippen molar-refractivity contribution in [3.63, 3.8) is 0 Å². The Morgan fingerprint density at radius 3 is 2.53 bits per heavy atom. The second kappa shape index (κ2) is 4.91. The molecular weight excluding hydrogens is 222 g/mol. The van der Waals surface area contributed by atoms with Gasteiger partial charge in [0.15, 0.2) is 5.84 Å². The molecule has 0 radical (unpaired) electrons. The summed E-state index contributed by atoms with van der Waals surface area (Å²) in [5.74, 6) is -0.369. The molecule has 0 spiro atoms. The highest BCUT2D eigenvalue weighted by Gasteiger charge is 2.39. The number of ether oxygens (including phenoxy) is 1. The monoisotopic (exact) mass is 243 g/mol. The summed E-state index contributed by atoms with van der Waals surface area (Å²) in [7, 11) is 1.65. The Kier molecular flexibility index (Phi) is 3.98. The molecule has 0 bridgehead atoms. The van der Waals surface area contributed by atoms with Gasteiger partial charge in [0.25, 0.3) is 0 Å². The molecule has 0 heterocycles. The Labute approximate surface area is 101 Å². The summed E-state index contributed by atoms with van der Waals surface area (Å²) in [6.45, 7) is 3.68. The normalized spacial score (nSPS) is 19.6. The molecule has 0 unspecified atom stereocenters. The van der Waals surface area contributed by atoms with E-state index in [4.69, 9.17) is 15.7 Å². The van der Waals surface area contributed by atoms with Crippen LogP contribution in [0.3, 0.4) is 0 Å². The molecule has 0 saturated heterocycles. The largest absolute Gasteiger partial charge is 0.409 e. The molecule has 6 nitrogen and oxygen atoms in total. The van der Waals surface area contributed by atoms with Crippen molar-refractivity contribution < 1.29 is 14.7 Å². The van der Waals surface area contributed by atoms with E-state index >= 15 is 0 Å². The number of amidine groups is 1. The number of carbonyl (C=O) groups is 1. The molecule has 1 aliphatic rings. The first-order valence-corrected chi connectivity index (χ1v) is 5.69. The van der Waals surface area contributed by atoms with Gasteiger partial charge < -0.3 is 21.0 Å². The summed E-state index contributed by atoms with van der Waals surface area (Å²) in [5, 5.41) is 14.3. The minimum atomic E-state index is -1.02. The number of hydrogen-bond acceptors (Lipinski definition) is 4. The molecular formula is C11H21N3O3. The number of methoxy groups -OCH3 is 1. The van der Waals surface area contributed by atoms with Gasteiger partial charge in [-0.2, -0.15) is 0 Å². The van der Waals surface area contributed by atoms with Gasteiger partial charge in [0, 0.05) is 13.7 Å². The summed E-state index contributed by atoms with van der Waals surface area (Å²) in [5.41, 5.74) is 4.23. The molecule has 6 heteroatoms. The molecule has 0 aromatic carbocycles. The van der Waals surface area contributed by atoms with Crippen molar-refractivity contribution >= 4 is 11.7 Å². The zero-order valence-corrected chi connectivity index (χ0v) is 10.6. The van der Waals surface area contributed by atoms with E-state index in [1.165, 1.54) is 0 Å². The van der Waals surface area contributed by atoms with E-state index in [-0.39, 0.29) is 17.3 Å². The highest BCUT2D eigenvalue weighted by Crippen LogP contribution is 2.34. The molecule has 0 aliphatic heterocycles. The number of oxime groups is 1. The number of amides is 1. The number of nitrogens with zero attached hydrogens (tertiary/aromatic N) is 1. The van der Waals surface area contributed by atoms with Crippen LogP contribution in [0.25, 0.3) is 0 Å². The van der Waals surface area contributed by atoms with Crippen LogP contribution in [0.4, 0.5) is 0 Å². The summed E-state index contributed by atoms with van der Waals surface area (Å²) < 4.78 is 5.40. The van der Waals surface area contributed by atoms with E-state index in [0.717, 1.165) is 19.3 Å². The maximum absolute atomic E-state index is 11.9. The summed E-state index contributed by atoms with van der Waals surface area (Å²) in [6.07, 6.45) is 3.02. The van der Waals surface area contributed by atoms with Gasteiger partial charge in [0.1, 0.15) is 5.41 Å². The molecule has 0 atom stereocenters. The van der Waals surface area contributed by atoms with Crippen molar-refractivity contribution in [2.45, 2.75) is 38.7 Å². The topological polar surface area (TPSA) is 96.9 Å². The first-order valence-electron chi connectivity index (χ1n) is 5.69. The minimum Gasteiger partial charge on any atom is -0.409 e. The van der Waals surface area contributed by atoms with E-state index in [9.17, 15) is 4.79 Å². The maximum atomic E-state index is 11.9. The summed E-state index contributed by atoms with van der Waals surface area (Å²) in [6, 6.07) is 0. The highest BCUT2D eigenvalue weighted by atomic mass is 16.5. The Balaban J connectivity index is 2.55. The fourth-order valence-electron chi connectivity index (χ4n) is 1.73. The van der Waals surface area contributed by atoms with Crippen LogP contribution < -0.4 is 11.1 Å². The Morgan fingerprint density at radius 2 is 2.18 bits per heavy atom. The summed E-state index contributed by atoms with van der Waals surface area (Å²) >= 11 is 0. The van der Waals surface area contributed by atoms with Gasteiger partial charge in [-0.1, -0.05) is 5.16 Å². The highest BCUT2D eigenvalue weighted by molar-refractivity contribution is 6.05. The number of hydrogen-bond donors (Lipinski definition) is 3. The fourth-order valence-corrected chi connectivity index (χ4v) is 1.73. The van der Waals surface area contributed by atoms with Gasteiger partial charge >= 0.3 is 0 Å². The molecule has 1 fully saturated rings. The van der Waals surface area contributed by atoms with Crippen LogP contribution in [0.5, 0.6) is 0 Å². The third kappa shape index (κ3) is 2.69. The van der Waals surface area contributed by atoms with Gasteiger partial charge in [-0.15, -0.1) is 0 Å². The Bertz CT molecular complexity index is 316. The minimum absolute atomic E-state index is 0.102. The standard InChI is InChI=1S/C11H21N3O3/c1-10(2,8(12)14-16)9(15)13-7-11(17-3)5-4-6-11/h16H,4-7H2,1-3H3,(H2,12,14)(H,13,15). The fraction of sp³-hybridized carbons (Fsp3) is 0.818. The molecule has 0 aromatic rings. The molecule has 1 aliphatic carbocycles. The first kappa shape index (κ1) is 13.8. The lowest BCUT2D eigenvalue weighted by atomic mass is 9.79. The van der Waals surface area contributed by atoms with Crippen LogP contribution in [-0.2, 0) is 9.53 Å². The maximum Gasteiger partial charge on any atom is 0.233 e. The van der Waals surface area contributed by atoms with Crippen LogP contribution in [0, 0.1) is 5.41 Å². The van der Waals surface area contributed by atoms with Crippen molar-refractivity contribution in [1.82, 2.24) is 5.32 Å². The van der Waals surface area contributed by atoms with Crippen LogP contribution in [0.1, 0.15) is 33.1 Å². The van der Waals surface area contributed by atoms with Crippen LogP contribution >= 0.6 is 0 Å². The van der Waals surface area contributed by atoms with Gasteiger partial charge in [0.05, 0.1) is 5.60 Å². The summed E-state index contributed by atoms with van der Waals surface area (Å²) in [4.78, 5) is 11.9. The van der Waals surface area contributed by atoms with E-state index in [1.54, 1.807) is 21.0 Å². The van der Waals surface area contributed by atoms with Gasteiger partial charge in [0.2, 0.25) is 5.91 Å². The third-order valence-electron chi connectivity index (χ3n) is 3.58. The van der Waals surface area contributed by atoms with Crippen molar-refractivity contribution in [1.29, 1.82) is 0 Å². The third-order valence-corrected chi connectivity index (χ3v) is 3.58. The molecule has 1 amide bonds. The van der Waals surface area contributed by atoms with Gasteiger partial charge in [-0.3, -0.25) is 4.79 Å². The molecule has 0 aromatic heterocycles. The zero-order chi connectivity index (χ0) is 13.1. The van der Waals surface area contributed by atoms with Crippen molar-refractivity contribution in [2.24, 2.45) is 16.3 Å². The van der Waals surface area contributed by atoms with Crippen LogP contribution in [0.2, 0.25) is 0 Å². The van der Waals surface area contributed by atoms with Crippen molar-refractivity contribution in [2.75, 3.05) is 13.7 Å². The molecule has 1 rings (SSSR count). The lowest BCUT2D eigenvalue weighted by Gasteiger charge is -2.41. The Morgan fingerprint density at radius 1 is 1.59 bits per heavy atom. The number of nitrogens with one attached hydrogen (secondary N) is 1.